The van der Waals surface area contributed by atoms with Gasteiger partial charge in [0.05, 0.1) is 6.04 Å². The zero-order chi connectivity index (χ0) is 19.5. The van der Waals surface area contributed by atoms with Gasteiger partial charge in [-0.05, 0) is 60.5 Å². The van der Waals surface area contributed by atoms with E-state index in [1.165, 1.54) is 36.5 Å². The topological polar surface area (TPSA) is 71.5 Å². The van der Waals surface area contributed by atoms with Gasteiger partial charge in [-0.15, -0.1) is 0 Å². The first kappa shape index (κ1) is 20.3. The number of amides is 1. The van der Waals surface area contributed by atoms with Crippen LogP contribution in [0.3, 0.4) is 0 Å². The van der Waals surface area contributed by atoms with Gasteiger partial charge in [-0.1, -0.05) is 12.1 Å². The molecule has 0 fully saturated rings. The third-order valence-corrected chi connectivity index (χ3v) is 3.80. The molecule has 0 spiro atoms. The van der Waals surface area contributed by atoms with Crippen molar-refractivity contribution in [3.8, 4) is 0 Å². The molecule has 140 valence electrons. The number of nitrogens with zero attached hydrogens (tertiary/aromatic N) is 1. The van der Waals surface area contributed by atoms with Crippen molar-refractivity contribution in [2.45, 2.75) is 38.5 Å². The summed E-state index contributed by atoms with van der Waals surface area (Å²) in [6.45, 7) is 5.04. The molecule has 1 amide bonds. The highest BCUT2D eigenvalue weighted by molar-refractivity contribution is 9.10. The van der Waals surface area contributed by atoms with Gasteiger partial charge in [0.2, 0.25) is 5.95 Å². The van der Waals surface area contributed by atoms with E-state index in [9.17, 15) is 18.7 Å². The molecular formula is C18H19BrF2N2O3. The van der Waals surface area contributed by atoms with E-state index in [0.717, 1.165) is 0 Å². The van der Waals surface area contributed by atoms with Gasteiger partial charge in [-0.2, -0.15) is 4.39 Å². The molecule has 0 radical (unpaired) electrons. The van der Waals surface area contributed by atoms with Gasteiger partial charge >= 0.3 is 6.09 Å². The molecule has 0 saturated carbocycles. The van der Waals surface area contributed by atoms with E-state index < -0.39 is 35.6 Å². The molecule has 5 nitrogen and oxygen atoms in total. The number of alkyl carbamates (subject to hydrolysis) is 1. The Balaban J connectivity index is 2.39. The van der Waals surface area contributed by atoms with Crippen LogP contribution in [-0.4, -0.2) is 21.8 Å². The van der Waals surface area contributed by atoms with Crippen LogP contribution in [0.5, 0.6) is 0 Å². The molecule has 0 aliphatic carbocycles. The number of hydrogen-bond donors (Lipinski definition) is 2. The summed E-state index contributed by atoms with van der Waals surface area (Å²) in [6, 6.07) is 5.24. The minimum atomic E-state index is -1.35. The third-order valence-electron chi connectivity index (χ3n) is 3.37. The highest BCUT2D eigenvalue weighted by Crippen LogP contribution is 2.31. The Morgan fingerprint density at radius 1 is 1.27 bits per heavy atom. The van der Waals surface area contributed by atoms with Crippen LogP contribution in [0.4, 0.5) is 13.6 Å². The van der Waals surface area contributed by atoms with Crippen molar-refractivity contribution in [1.82, 2.24) is 10.3 Å². The van der Waals surface area contributed by atoms with E-state index in [0.29, 0.717) is 10.0 Å². The second-order valence-electron chi connectivity index (χ2n) is 6.65. The average molecular weight is 429 g/mol. The first-order valence-electron chi connectivity index (χ1n) is 7.81. The number of rotatable bonds is 4. The van der Waals surface area contributed by atoms with Gasteiger partial charge in [0.1, 0.15) is 17.5 Å². The highest BCUT2D eigenvalue weighted by atomic mass is 79.9. The van der Waals surface area contributed by atoms with Crippen molar-refractivity contribution in [3.05, 3.63) is 63.9 Å². The first-order valence-corrected chi connectivity index (χ1v) is 8.60. The van der Waals surface area contributed by atoms with Crippen LogP contribution in [0, 0.1) is 11.8 Å². The second kappa shape index (κ2) is 8.09. The lowest BCUT2D eigenvalue weighted by atomic mass is 9.96. The van der Waals surface area contributed by atoms with Crippen LogP contribution in [0.2, 0.25) is 0 Å². The molecule has 2 rings (SSSR count). The van der Waals surface area contributed by atoms with Crippen molar-refractivity contribution >= 4 is 22.0 Å². The maximum atomic E-state index is 14.3. The van der Waals surface area contributed by atoms with Crippen LogP contribution in [0.25, 0.3) is 0 Å². The maximum Gasteiger partial charge on any atom is 0.408 e. The molecule has 0 bridgehead atoms. The molecule has 2 N–H and O–H groups in total. The molecule has 1 aromatic heterocycles. The predicted octanol–water partition coefficient (Wildman–Crippen LogP) is 4.42. The normalized spacial score (nSPS) is 13.8. The van der Waals surface area contributed by atoms with Gasteiger partial charge in [0, 0.05) is 16.2 Å². The van der Waals surface area contributed by atoms with Gasteiger partial charge in [0.15, 0.2) is 0 Å². The molecule has 8 heteroatoms. The molecule has 2 aromatic rings. The molecule has 1 heterocycles. The van der Waals surface area contributed by atoms with E-state index in [2.05, 4.69) is 26.2 Å². The zero-order valence-electron chi connectivity index (χ0n) is 14.5. The van der Waals surface area contributed by atoms with E-state index >= 15 is 0 Å². The van der Waals surface area contributed by atoms with Gasteiger partial charge < -0.3 is 15.2 Å². The van der Waals surface area contributed by atoms with Crippen molar-refractivity contribution < 1.29 is 23.4 Å². The Morgan fingerprint density at radius 3 is 2.46 bits per heavy atom. The average Bonchev–Trinajstić information content (AvgIpc) is 2.53. The Hall–Kier alpha value is -2.06. The SMILES string of the molecule is CC(C)(C)OC(=O)N[C@H](c1cc(Br)cnc1F)[C@H](O)c1ccc(F)cc1. The number of hydrogen-bond acceptors (Lipinski definition) is 4. The Labute approximate surface area is 158 Å². The molecule has 0 aliphatic heterocycles. The number of nitrogens with one attached hydrogen (secondary N) is 1. The third kappa shape index (κ3) is 5.47. The van der Waals surface area contributed by atoms with E-state index in [1.807, 2.05) is 0 Å². The number of carbonyl (C=O) groups excluding carboxylic acids is 1. The van der Waals surface area contributed by atoms with E-state index in [-0.39, 0.29) is 5.56 Å². The lowest BCUT2D eigenvalue weighted by Gasteiger charge is -2.27. The number of halogens is 3. The van der Waals surface area contributed by atoms with Crippen molar-refractivity contribution in [3.63, 3.8) is 0 Å². The van der Waals surface area contributed by atoms with Crippen molar-refractivity contribution in [2.75, 3.05) is 0 Å². The molecule has 0 aliphatic rings. The maximum absolute atomic E-state index is 14.3. The number of aliphatic hydroxyl groups excluding tert-OH is 1. The number of carbonyl (C=O) groups is 1. The minimum absolute atomic E-state index is 0.0398. The van der Waals surface area contributed by atoms with E-state index in [1.54, 1.807) is 20.8 Å². The highest BCUT2D eigenvalue weighted by Gasteiger charge is 2.30. The monoisotopic (exact) mass is 428 g/mol. The molecule has 1 aromatic carbocycles. The minimum Gasteiger partial charge on any atom is -0.444 e. The van der Waals surface area contributed by atoms with Crippen LogP contribution < -0.4 is 5.32 Å². The molecule has 26 heavy (non-hydrogen) atoms. The largest absolute Gasteiger partial charge is 0.444 e. The summed E-state index contributed by atoms with van der Waals surface area (Å²) in [5.74, 6) is -1.33. The standard InChI is InChI=1S/C18H19BrF2N2O3/c1-18(2,3)26-17(25)23-14(13-8-11(19)9-22-16(13)21)15(24)10-4-6-12(20)7-5-10/h4-9,14-15,24H,1-3H3,(H,23,25)/t14-,15-/m1/s1. The molecular weight excluding hydrogens is 410 g/mol. The van der Waals surface area contributed by atoms with Gasteiger partial charge in [-0.3, -0.25) is 0 Å². The summed E-state index contributed by atoms with van der Waals surface area (Å²) in [6.07, 6.45) is -0.926. The quantitative estimate of drug-likeness (QED) is 0.706. The molecule has 2 atom stereocenters. The molecule has 0 unspecified atom stereocenters. The number of ether oxygens (including phenoxy) is 1. The molecule has 0 saturated heterocycles. The lowest BCUT2D eigenvalue weighted by Crippen LogP contribution is -2.37. The number of benzene rings is 1. The van der Waals surface area contributed by atoms with Crippen molar-refractivity contribution in [1.29, 1.82) is 0 Å². The van der Waals surface area contributed by atoms with Gasteiger partial charge in [-0.25, -0.2) is 14.2 Å². The fourth-order valence-corrected chi connectivity index (χ4v) is 2.62. The first-order chi connectivity index (χ1) is 12.1. The Kier molecular flexibility index (Phi) is 6.30. The summed E-state index contributed by atoms with van der Waals surface area (Å²) in [5, 5.41) is 13.1. The lowest BCUT2D eigenvalue weighted by molar-refractivity contribution is 0.0416. The zero-order valence-corrected chi connectivity index (χ0v) is 16.0. The Bertz CT molecular complexity index is 779. The number of aliphatic hydroxyl groups is 1. The van der Waals surface area contributed by atoms with Crippen molar-refractivity contribution in [2.24, 2.45) is 0 Å². The fourth-order valence-electron chi connectivity index (χ4n) is 2.27. The number of pyridine rings is 1. The summed E-state index contributed by atoms with van der Waals surface area (Å²) < 4.78 is 33.1. The summed E-state index contributed by atoms with van der Waals surface area (Å²) in [5.41, 5.74) is -0.516. The van der Waals surface area contributed by atoms with Crippen LogP contribution in [0.15, 0.2) is 41.0 Å². The summed E-state index contributed by atoms with van der Waals surface area (Å²) >= 11 is 3.19. The Morgan fingerprint density at radius 2 is 1.88 bits per heavy atom. The summed E-state index contributed by atoms with van der Waals surface area (Å²) in [7, 11) is 0. The summed E-state index contributed by atoms with van der Waals surface area (Å²) in [4.78, 5) is 15.8. The number of aromatic nitrogens is 1. The fraction of sp³-hybridized carbons (Fsp3) is 0.333. The van der Waals surface area contributed by atoms with E-state index in [4.69, 9.17) is 4.74 Å². The predicted molar refractivity (Wildman–Crippen MR) is 95.4 cm³/mol. The van der Waals surface area contributed by atoms with Gasteiger partial charge in [0.25, 0.3) is 0 Å². The second-order valence-corrected chi connectivity index (χ2v) is 7.57. The van der Waals surface area contributed by atoms with Crippen LogP contribution in [0.1, 0.15) is 44.0 Å². The smallest absolute Gasteiger partial charge is 0.408 e. The van der Waals surface area contributed by atoms with Crippen LogP contribution >= 0.6 is 15.9 Å². The van der Waals surface area contributed by atoms with Crippen LogP contribution in [-0.2, 0) is 4.74 Å².